The van der Waals surface area contributed by atoms with Crippen LogP contribution in [0.5, 0.6) is 5.75 Å². The Bertz CT molecular complexity index is 1490. The second-order valence-electron chi connectivity index (χ2n) is 6.93. The fraction of sp³-hybridized carbons (Fsp3) is 0. The van der Waals surface area contributed by atoms with Gasteiger partial charge in [0.15, 0.2) is 5.17 Å². The van der Waals surface area contributed by atoms with Gasteiger partial charge < -0.3 is 9.50 Å². The zero-order chi connectivity index (χ0) is 25.2. The van der Waals surface area contributed by atoms with E-state index < -0.39 is 15.0 Å². The molecule has 1 amide bonds. The molecule has 1 aliphatic heterocycles. The lowest BCUT2D eigenvalue weighted by atomic mass is 10.2. The molecule has 0 bridgehead atoms. The van der Waals surface area contributed by atoms with Gasteiger partial charge in [0, 0.05) is 17.2 Å². The third-order valence-electron chi connectivity index (χ3n) is 4.50. The summed E-state index contributed by atoms with van der Waals surface area (Å²) in [5.41, 5.74) is 0.794. The molecule has 4 rings (SSSR count). The number of non-ortho nitro benzene ring substituents is 1. The molecule has 178 valence electrons. The minimum absolute atomic E-state index is 0.0341. The predicted molar refractivity (Wildman–Crippen MR) is 135 cm³/mol. The number of amides is 1. The van der Waals surface area contributed by atoms with Gasteiger partial charge in [0.2, 0.25) is 0 Å². The first-order valence-electron chi connectivity index (χ1n) is 9.64. The number of carbonyl (C=O) groups excluding carboxylic acids is 1. The van der Waals surface area contributed by atoms with Crippen LogP contribution in [0.25, 0.3) is 6.08 Å². The van der Waals surface area contributed by atoms with Gasteiger partial charge in [0.05, 0.1) is 20.5 Å². The Morgan fingerprint density at radius 2 is 1.71 bits per heavy atom. The average Bonchev–Trinajstić information content (AvgIpc) is 3.16. The molecule has 0 unspecified atom stereocenters. The molecule has 1 fully saturated rings. The predicted octanol–water partition coefficient (Wildman–Crippen LogP) is 5.56. The zero-order valence-corrected chi connectivity index (χ0v) is 20.5. The van der Waals surface area contributed by atoms with Crippen LogP contribution in [0.3, 0.4) is 0 Å². The monoisotopic (exact) mass is 549 g/mol. The highest BCUT2D eigenvalue weighted by atomic mass is 35.5. The third kappa shape index (κ3) is 6.01. The lowest BCUT2D eigenvalue weighted by molar-refractivity contribution is -0.384. The summed E-state index contributed by atoms with van der Waals surface area (Å²) in [4.78, 5) is 26.9. The van der Waals surface area contributed by atoms with Crippen LogP contribution in [0.1, 0.15) is 5.56 Å². The number of carbonyl (C=O) groups is 1. The molecule has 0 atom stereocenters. The van der Waals surface area contributed by atoms with Gasteiger partial charge in [-0.2, -0.15) is 8.42 Å². The van der Waals surface area contributed by atoms with Crippen molar-refractivity contribution < 1.29 is 22.3 Å². The lowest BCUT2D eigenvalue weighted by Gasteiger charge is -2.07. The van der Waals surface area contributed by atoms with Gasteiger partial charge in [-0.25, -0.2) is 4.99 Å². The minimum atomic E-state index is -4.19. The fourth-order valence-electron chi connectivity index (χ4n) is 2.84. The molecule has 9 nitrogen and oxygen atoms in total. The van der Waals surface area contributed by atoms with E-state index in [1.807, 2.05) is 0 Å². The molecule has 3 aromatic rings. The molecule has 1 saturated heterocycles. The van der Waals surface area contributed by atoms with Crippen molar-refractivity contribution in [1.29, 1.82) is 0 Å². The second kappa shape index (κ2) is 10.1. The molecular weight excluding hydrogens is 537 g/mol. The van der Waals surface area contributed by atoms with Crippen molar-refractivity contribution in [2.75, 3.05) is 0 Å². The first-order valence-corrected chi connectivity index (χ1v) is 12.6. The summed E-state index contributed by atoms with van der Waals surface area (Å²) in [5.74, 6) is -0.320. The Morgan fingerprint density at radius 1 is 1.03 bits per heavy atom. The van der Waals surface area contributed by atoms with Crippen molar-refractivity contribution in [3.05, 3.63) is 97.4 Å². The Morgan fingerprint density at radius 3 is 2.37 bits per heavy atom. The van der Waals surface area contributed by atoms with Gasteiger partial charge in [-0.15, -0.1) is 0 Å². The third-order valence-corrected chi connectivity index (χ3v) is 7.23. The van der Waals surface area contributed by atoms with E-state index in [2.05, 4.69) is 10.3 Å². The van der Waals surface area contributed by atoms with E-state index in [4.69, 9.17) is 27.4 Å². The zero-order valence-electron chi connectivity index (χ0n) is 17.3. The number of thioether (sulfide) groups is 1. The van der Waals surface area contributed by atoms with E-state index in [0.717, 1.165) is 36.0 Å². The van der Waals surface area contributed by atoms with Crippen molar-refractivity contribution in [2.24, 2.45) is 4.99 Å². The molecular formula is C22H13Cl2N3O6S2. The summed E-state index contributed by atoms with van der Waals surface area (Å²) >= 11 is 13.2. The maximum Gasteiger partial charge on any atom is 0.339 e. The fourth-order valence-corrected chi connectivity index (χ4v) is 4.93. The molecule has 0 aromatic heterocycles. The van der Waals surface area contributed by atoms with Crippen LogP contribution < -0.4 is 9.50 Å². The molecule has 1 N–H and O–H groups in total. The van der Waals surface area contributed by atoms with Gasteiger partial charge in [-0.1, -0.05) is 35.3 Å². The van der Waals surface area contributed by atoms with Gasteiger partial charge in [0.1, 0.15) is 10.6 Å². The number of benzene rings is 3. The Balaban J connectivity index is 1.47. The molecule has 13 heteroatoms. The van der Waals surface area contributed by atoms with E-state index in [-0.39, 0.29) is 22.2 Å². The Kier molecular flexibility index (Phi) is 7.13. The standard InChI is InChI=1S/C22H13Cl2N3O6S2/c23-14-3-10-18(24)19(12-14)25-22-26-21(28)20(34-22)11-13-1-6-16(7-2-13)33-35(31,32)17-8-4-15(5-9-17)27(29)30/h1-12H,(H,25,26,28)/b20-11+. The van der Waals surface area contributed by atoms with E-state index >= 15 is 0 Å². The van der Waals surface area contributed by atoms with Crippen LogP contribution in [-0.4, -0.2) is 24.4 Å². The van der Waals surface area contributed by atoms with Gasteiger partial charge >= 0.3 is 10.1 Å². The van der Waals surface area contributed by atoms with Crippen LogP contribution in [0.4, 0.5) is 11.4 Å². The number of rotatable bonds is 6. The summed E-state index contributed by atoms with van der Waals surface area (Å²) < 4.78 is 30.0. The van der Waals surface area contributed by atoms with Crippen molar-refractivity contribution >= 4 is 73.6 Å². The summed E-state index contributed by atoms with van der Waals surface area (Å²) in [6.45, 7) is 0. The molecule has 0 radical (unpaired) electrons. The maximum absolute atomic E-state index is 12.4. The van der Waals surface area contributed by atoms with Crippen LogP contribution in [0.2, 0.25) is 10.0 Å². The second-order valence-corrected chi connectivity index (χ2v) is 10.4. The first kappa shape index (κ1) is 24.7. The molecule has 0 spiro atoms. The van der Waals surface area contributed by atoms with E-state index in [9.17, 15) is 23.3 Å². The SMILES string of the molecule is O=C1NC(=Nc2cc(Cl)ccc2Cl)S/C1=C/c1ccc(OS(=O)(=O)c2ccc([N+](=O)[O-])cc2)cc1. The number of hydrogen-bond acceptors (Lipinski definition) is 8. The van der Waals surface area contributed by atoms with E-state index in [1.165, 1.54) is 12.1 Å². The van der Waals surface area contributed by atoms with E-state index in [0.29, 0.717) is 31.4 Å². The smallest absolute Gasteiger partial charge is 0.339 e. The molecule has 35 heavy (non-hydrogen) atoms. The highest BCUT2D eigenvalue weighted by molar-refractivity contribution is 8.18. The minimum Gasteiger partial charge on any atom is -0.379 e. The normalized spacial score (nSPS) is 15.9. The number of aliphatic imine (C=N–C) groups is 1. The highest BCUT2D eigenvalue weighted by Crippen LogP contribution is 2.33. The van der Waals surface area contributed by atoms with Crippen molar-refractivity contribution in [3.8, 4) is 5.75 Å². The number of nitrogens with zero attached hydrogens (tertiary/aromatic N) is 2. The van der Waals surface area contributed by atoms with Crippen LogP contribution >= 0.6 is 35.0 Å². The van der Waals surface area contributed by atoms with Crippen molar-refractivity contribution in [3.63, 3.8) is 0 Å². The lowest BCUT2D eigenvalue weighted by Crippen LogP contribution is -2.19. The average molecular weight is 550 g/mol. The van der Waals surface area contributed by atoms with Crippen LogP contribution in [0.15, 0.2) is 81.5 Å². The van der Waals surface area contributed by atoms with Gasteiger partial charge in [0.25, 0.3) is 11.6 Å². The van der Waals surface area contributed by atoms with Crippen molar-refractivity contribution in [1.82, 2.24) is 5.32 Å². The summed E-state index contributed by atoms with van der Waals surface area (Å²) in [5, 5.41) is 14.6. The maximum atomic E-state index is 12.4. The number of nitro benzene ring substituents is 1. The number of hydrogen-bond donors (Lipinski definition) is 1. The number of nitro groups is 1. The Labute approximate surface area is 213 Å². The summed E-state index contributed by atoms with van der Waals surface area (Å²) in [6.07, 6.45) is 1.61. The first-order chi connectivity index (χ1) is 16.6. The van der Waals surface area contributed by atoms with Crippen LogP contribution in [0, 0.1) is 10.1 Å². The van der Waals surface area contributed by atoms with Gasteiger partial charge in [-0.05, 0) is 65.9 Å². The quantitative estimate of drug-likeness (QED) is 0.184. The van der Waals surface area contributed by atoms with Crippen LogP contribution in [-0.2, 0) is 14.9 Å². The topological polar surface area (TPSA) is 128 Å². The number of amidine groups is 1. The summed E-state index contributed by atoms with van der Waals surface area (Å²) in [7, 11) is -4.19. The molecule has 0 aliphatic carbocycles. The number of halogens is 2. The molecule has 1 heterocycles. The Hall–Kier alpha value is -3.38. The van der Waals surface area contributed by atoms with Crippen molar-refractivity contribution in [2.45, 2.75) is 4.90 Å². The molecule has 0 saturated carbocycles. The molecule has 1 aliphatic rings. The summed E-state index contributed by atoms with van der Waals surface area (Å²) in [6, 6.07) is 15.2. The molecule has 3 aromatic carbocycles. The largest absolute Gasteiger partial charge is 0.379 e. The number of nitrogens with one attached hydrogen (secondary N) is 1. The van der Waals surface area contributed by atoms with Gasteiger partial charge in [-0.3, -0.25) is 14.9 Å². The highest BCUT2D eigenvalue weighted by Gasteiger charge is 2.24. The van der Waals surface area contributed by atoms with E-state index in [1.54, 1.807) is 36.4 Å².